The maximum Gasteiger partial charge on any atom is 0.125 e. The van der Waals surface area contributed by atoms with Crippen molar-refractivity contribution in [2.45, 2.75) is 50.7 Å². The molecule has 0 aliphatic heterocycles. The molecule has 1 unspecified atom stereocenters. The van der Waals surface area contributed by atoms with Crippen LogP contribution in [0.5, 0.6) is 0 Å². The van der Waals surface area contributed by atoms with E-state index in [1.165, 1.54) is 12.8 Å². The van der Waals surface area contributed by atoms with E-state index in [1.54, 1.807) is 0 Å². The largest absolute Gasteiger partial charge is 0.337 e. The van der Waals surface area contributed by atoms with Crippen LogP contribution >= 0.6 is 0 Å². The van der Waals surface area contributed by atoms with Crippen LogP contribution in [-0.4, -0.2) is 21.6 Å². The summed E-state index contributed by atoms with van der Waals surface area (Å²) in [6.07, 6.45) is 8.51. The summed E-state index contributed by atoms with van der Waals surface area (Å²) in [6.45, 7) is 2.18. The third-order valence-electron chi connectivity index (χ3n) is 3.50. The van der Waals surface area contributed by atoms with Crippen molar-refractivity contribution in [1.29, 1.82) is 0 Å². The Morgan fingerprint density at radius 3 is 2.69 bits per heavy atom. The SMILES string of the molecule is CC(NC1CCC(N)CC1)c1nccn1C. The quantitative estimate of drug-likeness (QED) is 0.811. The summed E-state index contributed by atoms with van der Waals surface area (Å²) in [5.74, 6) is 1.11. The molecule has 1 aromatic heterocycles. The minimum absolute atomic E-state index is 0.319. The zero-order valence-electron chi connectivity index (χ0n) is 10.2. The Bertz CT molecular complexity index is 326. The highest BCUT2D eigenvalue weighted by Crippen LogP contribution is 2.20. The fourth-order valence-corrected chi connectivity index (χ4v) is 2.51. The van der Waals surface area contributed by atoms with Crippen molar-refractivity contribution in [3.63, 3.8) is 0 Å². The molecule has 1 aliphatic carbocycles. The van der Waals surface area contributed by atoms with Gasteiger partial charge in [0.2, 0.25) is 0 Å². The van der Waals surface area contributed by atoms with Crippen LogP contribution in [0.4, 0.5) is 0 Å². The second-order valence-corrected chi connectivity index (χ2v) is 4.90. The number of rotatable bonds is 3. The second kappa shape index (κ2) is 4.97. The standard InChI is InChI=1S/C12H22N4/c1-9(12-14-7-8-16(12)2)15-11-5-3-10(13)4-6-11/h7-11,15H,3-6,13H2,1-2H3. The van der Waals surface area contributed by atoms with Crippen LogP contribution in [0, 0.1) is 0 Å². The van der Waals surface area contributed by atoms with E-state index < -0.39 is 0 Å². The van der Waals surface area contributed by atoms with Crippen molar-refractivity contribution in [2.75, 3.05) is 0 Å². The molecule has 4 heteroatoms. The zero-order valence-corrected chi connectivity index (χ0v) is 10.2. The van der Waals surface area contributed by atoms with Gasteiger partial charge in [-0.2, -0.15) is 0 Å². The third-order valence-corrected chi connectivity index (χ3v) is 3.50. The molecule has 0 aromatic carbocycles. The van der Waals surface area contributed by atoms with E-state index in [1.807, 2.05) is 19.4 Å². The summed E-state index contributed by atoms with van der Waals surface area (Å²) in [5.41, 5.74) is 5.90. The van der Waals surface area contributed by atoms with Crippen LogP contribution in [0.2, 0.25) is 0 Å². The second-order valence-electron chi connectivity index (χ2n) is 4.90. The monoisotopic (exact) mass is 222 g/mol. The predicted molar refractivity (Wildman–Crippen MR) is 65.0 cm³/mol. The number of nitrogens with one attached hydrogen (secondary N) is 1. The molecule has 1 fully saturated rings. The van der Waals surface area contributed by atoms with Gasteiger partial charge in [0, 0.05) is 31.5 Å². The number of aromatic nitrogens is 2. The fourth-order valence-electron chi connectivity index (χ4n) is 2.51. The summed E-state index contributed by atoms with van der Waals surface area (Å²) in [4.78, 5) is 4.37. The first kappa shape index (κ1) is 11.6. The Morgan fingerprint density at radius 1 is 1.44 bits per heavy atom. The number of hydrogen-bond acceptors (Lipinski definition) is 3. The summed E-state index contributed by atoms with van der Waals surface area (Å²) >= 11 is 0. The van der Waals surface area contributed by atoms with Crippen molar-refractivity contribution in [1.82, 2.24) is 14.9 Å². The molecule has 1 aliphatic rings. The highest BCUT2D eigenvalue weighted by atomic mass is 15.1. The molecule has 2 rings (SSSR count). The minimum atomic E-state index is 0.319. The Balaban J connectivity index is 1.88. The number of nitrogens with two attached hydrogens (primary N) is 1. The Morgan fingerprint density at radius 2 is 2.12 bits per heavy atom. The van der Waals surface area contributed by atoms with E-state index in [-0.39, 0.29) is 0 Å². The fraction of sp³-hybridized carbons (Fsp3) is 0.750. The van der Waals surface area contributed by atoms with Gasteiger partial charge in [0.15, 0.2) is 0 Å². The van der Waals surface area contributed by atoms with Gasteiger partial charge in [-0.3, -0.25) is 0 Å². The van der Waals surface area contributed by atoms with Crippen molar-refractivity contribution >= 4 is 0 Å². The van der Waals surface area contributed by atoms with E-state index in [4.69, 9.17) is 5.73 Å². The molecular formula is C12H22N4. The topological polar surface area (TPSA) is 55.9 Å². The molecular weight excluding hydrogens is 200 g/mol. The van der Waals surface area contributed by atoms with Crippen LogP contribution in [0.25, 0.3) is 0 Å². The lowest BCUT2D eigenvalue weighted by Gasteiger charge is -2.29. The average Bonchev–Trinajstić information content (AvgIpc) is 2.68. The van der Waals surface area contributed by atoms with Crippen molar-refractivity contribution < 1.29 is 0 Å². The molecule has 1 atom stereocenters. The normalized spacial score (nSPS) is 27.9. The van der Waals surface area contributed by atoms with Crippen molar-refractivity contribution in [3.05, 3.63) is 18.2 Å². The summed E-state index contributed by atoms with van der Waals surface area (Å²) < 4.78 is 2.08. The van der Waals surface area contributed by atoms with Gasteiger partial charge >= 0.3 is 0 Å². The highest BCUT2D eigenvalue weighted by Gasteiger charge is 2.21. The molecule has 0 radical (unpaired) electrons. The zero-order chi connectivity index (χ0) is 11.5. The first-order valence-corrected chi connectivity index (χ1v) is 6.15. The van der Waals surface area contributed by atoms with Crippen LogP contribution in [0.3, 0.4) is 0 Å². The van der Waals surface area contributed by atoms with Gasteiger partial charge in [-0.1, -0.05) is 0 Å². The molecule has 1 aromatic rings. The summed E-state index contributed by atoms with van der Waals surface area (Å²) in [6, 6.07) is 1.34. The number of nitrogens with zero attached hydrogens (tertiary/aromatic N) is 2. The number of hydrogen-bond donors (Lipinski definition) is 2. The maximum absolute atomic E-state index is 5.90. The van der Waals surface area contributed by atoms with Crippen LogP contribution in [0.15, 0.2) is 12.4 Å². The highest BCUT2D eigenvalue weighted by molar-refractivity contribution is 4.98. The molecule has 0 bridgehead atoms. The minimum Gasteiger partial charge on any atom is -0.337 e. The van der Waals surface area contributed by atoms with Crippen LogP contribution in [-0.2, 0) is 7.05 Å². The summed E-state index contributed by atoms with van der Waals surface area (Å²) in [5, 5.41) is 3.64. The van der Waals surface area contributed by atoms with Crippen molar-refractivity contribution in [3.8, 4) is 0 Å². The molecule has 0 amide bonds. The smallest absolute Gasteiger partial charge is 0.125 e. The maximum atomic E-state index is 5.90. The van der Waals surface area contributed by atoms with Crippen LogP contribution in [0.1, 0.15) is 44.5 Å². The molecule has 1 saturated carbocycles. The van der Waals surface area contributed by atoms with E-state index >= 15 is 0 Å². The van der Waals surface area contributed by atoms with Gasteiger partial charge in [0.1, 0.15) is 5.82 Å². The van der Waals surface area contributed by atoms with Gasteiger partial charge in [-0.25, -0.2) is 4.98 Å². The van der Waals surface area contributed by atoms with Gasteiger partial charge < -0.3 is 15.6 Å². The Kier molecular flexibility index (Phi) is 3.61. The molecule has 90 valence electrons. The van der Waals surface area contributed by atoms with E-state index in [9.17, 15) is 0 Å². The van der Waals surface area contributed by atoms with E-state index in [0.717, 1.165) is 18.7 Å². The predicted octanol–water partition coefficient (Wildman–Crippen LogP) is 1.34. The Hall–Kier alpha value is -0.870. The third kappa shape index (κ3) is 2.62. The first-order valence-electron chi connectivity index (χ1n) is 6.15. The molecule has 0 spiro atoms. The van der Waals surface area contributed by atoms with Gasteiger partial charge in [0.05, 0.1) is 6.04 Å². The number of imidazole rings is 1. The first-order chi connectivity index (χ1) is 7.66. The molecule has 0 saturated heterocycles. The lowest BCUT2D eigenvalue weighted by molar-refractivity contribution is 0.316. The van der Waals surface area contributed by atoms with Gasteiger partial charge in [-0.15, -0.1) is 0 Å². The molecule has 4 nitrogen and oxygen atoms in total. The van der Waals surface area contributed by atoms with Crippen molar-refractivity contribution in [2.24, 2.45) is 12.8 Å². The van der Waals surface area contributed by atoms with E-state index in [0.29, 0.717) is 18.1 Å². The molecule has 1 heterocycles. The van der Waals surface area contributed by atoms with Crippen LogP contribution < -0.4 is 11.1 Å². The van der Waals surface area contributed by atoms with E-state index in [2.05, 4.69) is 21.8 Å². The lowest BCUT2D eigenvalue weighted by atomic mass is 9.91. The van der Waals surface area contributed by atoms with Gasteiger partial charge in [0.25, 0.3) is 0 Å². The number of aryl methyl sites for hydroxylation is 1. The Labute approximate surface area is 97.2 Å². The average molecular weight is 222 g/mol. The molecule has 3 N–H and O–H groups in total. The lowest BCUT2D eigenvalue weighted by Crippen LogP contribution is -2.39. The summed E-state index contributed by atoms with van der Waals surface area (Å²) in [7, 11) is 2.04. The van der Waals surface area contributed by atoms with Gasteiger partial charge in [-0.05, 0) is 32.6 Å². The molecule has 16 heavy (non-hydrogen) atoms.